The second kappa shape index (κ2) is 8.17. The van der Waals surface area contributed by atoms with Crippen molar-refractivity contribution < 1.29 is 13.9 Å². The van der Waals surface area contributed by atoms with Gasteiger partial charge in [0, 0.05) is 24.8 Å². The van der Waals surface area contributed by atoms with Gasteiger partial charge in [-0.2, -0.15) is 0 Å². The number of nitrogens with one attached hydrogen (secondary N) is 1. The first-order chi connectivity index (χ1) is 12.7. The van der Waals surface area contributed by atoms with Crippen LogP contribution in [0.4, 0.5) is 4.39 Å². The van der Waals surface area contributed by atoms with Crippen LogP contribution in [0, 0.1) is 5.82 Å². The van der Waals surface area contributed by atoms with Gasteiger partial charge in [-0.15, -0.1) is 5.10 Å². The summed E-state index contributed by atoms with van der Waals surface area (Å²) in [4.78, 5) is 16.3. The Balaban J connectivity index is 1.68. The van der Waals surface area contributed by atoms with Gasteiger partial charge in [0.15, 0.2) is 17.3 Å². The highest BCUT2D eigenvalue weighted by molar-refractivity contribution is 5.91. The third-order valence-electron chi connectivity index (χ3n) is 3.46. The number of rotatable bonds is 7. The molecule has 0 saturated carbocycles. The lowest BCUT2D eigenvalue weighted by molar-refractivity contribution is 0.0945. The first kappa shape index (κ1) is 17.5. The lowest BCUT2D eigenvalue weighted by Crippen LogP contribution is -2.23. The Morgan fingerprint density at radius 3 is 2.92 bits per heavy atom. The van der Waals surface area contributed by atoms with Crippen LogP contribution in [0.2, 0.25) is 0 Å². The van der Waals surface area contributed by atoms with E-state index < -0.39 is 11.7 Å². The molecule has 0 bridgehead atoms. The number of amides is 1. The van der Waals surface area contributed by atoms with Crippen LogP contribution in [0.3, 0.4) is 0 Å². The van der Waals surface area contributed by atoms with Gasteiger partial charge < -0.3 is 15.8 Å². The largest absolute Gasteiger partial charge is 0.436 e. The summed E-state index contributed by atoms with van der Waals surface area (Å²) in [5, 5.41) is 10.3. The Morgan fingerprint density at radius 2 is 2.12 bits per heavy atom. The van der Waals surface area contributed by atoms with Gasteiger partial charge in [0.2, 0.25) is 5.88 Å². The molecule has 0 radical (unpaired) electrons. The van der Waals surface area contributed by atoms with E-state index in [1.165, 1.54) is 29.2 Å². The van der Waals surface area contributed by atoms with Gasteiger partial charge in [0.25, 0.3) is 5.91 Å². The molecule has 2 aromatic heterocycles. The maximum atomic E-state index is 13.8. The maximum Gasteiger partial charge on any atom is 0.273 e. The van der Waals surface area contributed by atoms with E-state index in [0.717, 1.165) is 0 Å². The fraction of sp³-hybridized carbons (Fsp3) is 0.176. The van der Waals surface area contributed by atoms with Crippen LogP contribution < -0.4 is 15.8 Å². The van der Waals surface area contributed by atoms with E-state index in [1.54, 1.807) is 24.3 Å². The molecule has 26 heavy (non-hydrogen) atoms. The van der Waals surface area contributed by atoms with Crippen LogP contribution in [0.5, 0.6) is 11.6 Å². The van der Waals surface area contributed by atoms with E-state index >= 15 is 0 Å². The number of nitrogens with zero attached hydrogens (tertiary/aromatic N) is 4. The molecular formula is C17H17FN6O2. The number of halogens is 1. The van der Waals surface area contributed by atoms with Gasteiger partial charge in [-0.3, -0.25) is 9.48 Å². The summed E-state index contributed by atoms with van der Waals surface area (Å²) in [5.41, 5.74) is 6.21. The standard InChI is InChI=1S/C17H17FN6O2/c18-13-5-1-2-6-15(13)26-17-12(4-3-8-20-17)10-21-16(25)14-11-24(9-7-19)23-22-14/h1-6,8,11H,7,9-10,19H2,(H,21,25). The SMILES string of the molecule is NCCn1cc(C(=O)NCc2cccnc2Oc2ccccc2F)nn1. The van der Waals surface area contributed by atoms with Crippen molar-refractivity contribution in [2.45, 2.75) is 13.1 Å². The van der Waals surface area contributed by atoms with Crippen LogP contribution in [-0.2, 0) is 13.1 Å². The molecule has 0 atom stereocenters. The zero-order chi connectivity index (χ0) is 18.4. The number of carbonyl (C=O) groups is 1. The molecule has 0 aliphatic heterocycles. The van der Waals surface area contributed by atoms with Crippen LogP contribution in [0.25, 0.3) is 0 Å². The molecule has 2 heterocycles. The van der Waals surface area contributed by atoms with Crippen molar-refractivity contribution in [1.29, 1.82) is 0 Å². The number of pyridine rings is 1. The minimum atomic E-state index is -0.496. The van der Waals surface area contributed by atoms with Gasteiger partial charge in [-0.05, 0) is 18.2 Å². The summed E-state index contributed by atoms with van der Waals surface area (Å²) in [6.07, 6.45) is 3.04. The van der Waals surface area contributed by atoms with Crippen LogP contribution >= 0.6 is 0 Å². The number of nitrogens with two attached hydrogens (primary N) is 1. The number of hydrogen-bond donors (Lipinski definition) is 2. The summed E-state index contributed by atoms with van der Waals surface area (Å²) >= 11 is 0. The fourth-order valence-corrected chi connectivity index (χ4v) is 2.19. The average molecular weight is 356 g/mol. The molecule has 134 valence electrons. The smallest absolute Gasteiger partial charge is 0.273 e. The van der Waals surface area contributed by atoms with Gasteiger partial charge in [0.05, 0.1) is 12.7 Å². The highest BCUT2D eigenvalue weighted by atomic mass is 19.1. The monoisotopic (exact) mass is 356 g/mol. The number of hydrogen-bond acceptors (Lipinski definition) is 6. The van der Waals surface area contributed by atoms with Crippen molar-refractivity contribution in [2.75, 3.05) is 6.54 Å². The minimum Gasteiger partial charge on any atom is -0.436 e. The number of benzene rings is 1. The first-order valence-corrected chi connectivity index (χ1v) is 7.92. The summed E-state index contributed by atoms with van der Waals surface area (Å²) in [6.45, 7) is 1.01. The Kier molecular flexibility index (Phi) is 5.49. The molecule has 0 aliphatic carbocycles. The summed E-state index contributed by atoms with van der Waals surface area (Å²) in [7, 11) is 0. The molecule has 8 nitrogen and oxygen atoms in total. The highest BCUT2D eigenvalue weighted by Gasteiger charge is 2.13. The Bertz CT molecular complexity index is 898. The first-order valence-electron chi connectivity index (χ1n) is 7.92. The number of para-hydroxylation sites is 1. The Morgan fingerprint density at radius 1 is 1.27 bits per heavy atom. The minimum absolute atomic E-state index is 0.0588. The van der Waals surface area contributed by atoms with Gasteiger partial charge in [0.1, 0.15) is 0 Å². The topological polar surface area (TPSA) is 108 Å². The summed E-state index contributed by atoms with van der Waals surface area (Å²) in [6, 6.07) is 9.46. The normalized spacial score (nSPS) is 10.5. The van der Waals surface area contributed by atoms with Crippen LogP contribution in [0.1, 0.15) is 16.1 Å². The molecule has 1 aromatic carbocycles. The van der Waals surface area contributed by atoms with Gasteiger partial charge in [-0.1, -0.05) is 23.4 Å². The third kappa shape index (κ3) is 4.19. The third-order valence-corrected chi connectivity index (χ3v) is 3.46. The molecular weight excluding hydrogens is 339 g/mol. The number of aromatic nitrogens is 4. The van der Waals surface area contributed by atoms with Crippen molar-refractivity contribution in [3.05, 3.63) is 65.9 Å². The quantitative estimate of drug-likeness (QED) is 0.664. The lowest BCUT2D eigenvalue weighted by atomic mass is 10.2. The van der Waals surface area contributed by atoms with Crippen LogP contribution in [-0.4, -0.2) is 32.4 Å². The van der Waals surface area contributed by atoms with E-state index in [4.69, 9.17) is 10.5 Å². The second-order valence-electron chi connectivity index (χ2n) is 5.34. The van der Waals surface area contributed by atoms with Crippen molar-refractivity contribution >= 4 is 5.91 Å². The molecule has 0 saturated heterocycles. The molecule has 3 N–H and O–H groups in total. The average Bonchev–Trinajstić information content (AvgIpc) is 3.12. The van der Waals surface area contributed by atoms with Crippen molar-refractivity contribution in [3.63, 3.8) is 0 Å². The molecule has 0 aliphatic rings. The molecule has 1 amide bonds. The Hall–Kier alpha value is -3.33. The van der Waals surface area contributed by atoms with Crippen molar-refractivity contribution in [3.8, 4) is 11.6 Å². The zero-order valence-corrected chi connectivity index (χ0v) is 13.8. The molecule has 0 fully saturated rings. The van der Waals surface area contributed by atoms with Crippen molar-refractivity contribution in [1.82, 2.24) is 25.3 Å². The zero-order valence-electron chi connectivity index (χ0n) is 13.8. The molecule has 9 heteroatoms. The Labute approximate surface area is 148 Å². The number of carbonyl (C=O) groups excluding carboxylic acids is 1. The highest BCUT2D eigenvalue weighted by Crippen LogP contribution is 2.25. The van der Waals surface area contributed by atoms with Gasteiger partial charge in [-0.25, -0.2) is 9.37 Å². The van der Waals surface area contributed by atoms with E-state index in [2.05, 4.69) is 20.6 Å². The predicted octanol–water partition coefficient (Wildman–Crippen LogP) is 1.49. The summed E-state index contributed by atoms with van der Waals surface area (Å²) < 4.78 is 20.8. The molecule has 3 aromatic rings. The fourth-order valence-electron chi connectivity index (χ4n) is 2.19. The summed E-state index contributed by atoms with van der Waals surface area (Å²) in [5.74, 6) is -0.619. The van der Waals surface area contributed by atoms with Crippen LogP contribution in [0.15, 0.2) is 48.8 Å². The maximum absolute atomic E-state index is 13.8. The van der Waals surface area contributed by atoms with E-state index in [-0.39, 0.29) is 23.9 Å². The molecule has 3 rings (SSSR count). The second-order valence-corrected chi connectivity index (χ2v) is 5.34. The van der Waals surface area contributed by atoms with E-state index in [1.807, 2.05) is 0 Å². The number of ether oxygens (including phenoxy) is 1. The molecule has 0 unspecified atom stereocenters. The van der Waals surface area contributed by atoms with Crippen molar-refractivity contribution in [2.24, 2.45) is 5.73 Å². The van der Waals surface area contributed by atoms with Gasteiger partial charge >= 0.3 is 0 Å². The lowest BCUT2D eigenvalue weighted by Gasteiger charge is -2.10. The predicted molar refractivity (Wildman–Crippen MR) is 91.0 cm³/mol. The molecule has 0 spiro atoms. The van der Waals surface area contributed by atoms with E-state index in [9.17, 15) is 9.18 Å². The van der Waals surface area contributed by atoms with E-state index in [0.29, 0.717) is 18.7 Å².